The molecule has 0 unspecified atom stereocenters. The van der Waals surface area contributed by atoms with Crippen molar-refractivity contribution in [2.24, 2.45) is 0 Å². The monoisotopic (exact) mass is 791 g/mol. The Morgan fingerprint density at radius 1 is 0.419 bits per heavy atom. The smallest absolute Gasteiger partial charge is 0.144 e. The van der Waals surface area contributed by atoms with Crippen LogP contribution >= 0.6 is 0 Å². The van der Waals surface area contributed by atoms with Gasteiger partial charge in [-0.1, -0.05) is 159 Å². The lowest BCUT2D eigenvalue weighted by molar-refractivity contribution is 0.653. The number of nitrogens with zero attached hydrogens (tertiary/aromatic N) is 3. The molecule has 4 aromatic heterocycles. The maximum atomic E-state index is 6.88. The lowest BCUT2D eigenvalue weighted by Crippen LogP contribution is -2.15. The number of rotatable bonds is 4. The molecular formula is C58H37N3O. The van der Waals surface area contributed by atoms with Gasteiger partial charge in [0, 0.05) is 60.6 Å². The van der Waals surface area contributed by atoms with Gasteiger partial charge in [-0.15, -0.1) is 0 Å². The molecule has 0 saturated carbocycles. The van der Waals surface area contributed by atoms with Crippen LogP contribution < -0.4 is 0 Å². The molecule has 4 heteroatoms. The zero-order chi connectivity index (χ0) is 41.1. The Morgan fingerprint density at radius 2 is 1.00 bits per heavy atom. The molecule has 290 valence electrons. The molecule has 1 aliphatic carbocycles. The van der Waals surface area contributed by atoms with E-state index >= 15 is 0 Å². The highest BCUT2D eigenvalue weighted by Gasteiger charge is 2.39. The lowest BCUT2D eigenvalue weighted by atomic mass is 9.80. The molecular weight excluding hydrogens is 755 g/mol. The second-order valence-electron chi connectivity index (χ2n) is 17.2. The minimum absolute atomic E-state index is 0.272. The van der Waals surface area contributed by atoms with Gasteiger partial charge in [-0.3, -0.25) is 4.98 Å². The van der Waals surface area contributed by atoms with Gasteiger partial charge >= 0.3 is 0 Å². The first-order valence-electron chi connectivity index (χ1n) is 21.2. The summed E-state index contributed by atoms with van der Waals surface area (Å²) in [6.07, 6.45) is 1.84. The second-order valence-corrected chi connectivity index (χ2v) is 17.2. The number of benzene rings is 8. The van der Waals surface area contributed by atoms with Crippen LogP contribution in [0.4, 0.5) is 0 Å². The fraction of sp³-hybridized carbons (Fsp3) is 0.0517. The normalized spacial score (nSPS) is 13.1. The van der Waals surface area contributed by atoms with Crippen molar-refractivity contribution in [2.75, 3.05) is 0 Å². The number of fused-ring (bicyclic) bond motifs is 13. The summed E-state index contributed by atoms with van der Waals surface area (Å²) >= 11 is 0. The highest BCUT2D eigenvalue weighted by Crippen LogP contribution is 2.55. The number of furan rings is 1. The quantitative estimate of drug-likeness (QED) is 0.167. The van der Waals surface area contributed by atoms with E-state index in [2.05, 4.69) is 195 Å². The molecule has 0 amide bonds. The van der Waals surface area contributed by atoms with Crippen molar-refractivity contribution in [2.45, 2.75) is 19.3 Å². The molecule has 4 nitrogen and oxygen atoms in total. The summed E-state index contributed by atoms with van der Waals surface area (Å²) in [6, 6.07) is 65.2. The van der Waals surface area contributed by atoms with Crippen molar-refractivity contribution in [1.82, 2.24) is 15.0 Å². The van der Waals surface area contributed by atoms with Gasteiger partial charge in [-0.05, 0) is 80.7 Å². The Kier molecular flexibility index (Phi) is 7.32. The second kappa shape index (κ2) is 13.0. The van der Waals surface area contributed by atoms with Crippen molar-refractivity contribution in [3.05, 3.63) is 199 Å². The molecule has 0 atom stereocenters. The van der Waals surface area contributed by atoms with E-state index in [-0.39, 0.29) is 5.41 Å². The van der Waals surface area contributed by atoms with Crippen molar-refractivity contribution in [3.8, 4) is 55.9 Å². The van der Waals surface area contributed by atoms with E-state index in [0.29, 0.717) is 0 Å². The van der Waals surface area contributed by atoms with Crippen LogP contribution in [-0.4, -0.2) is 15.0 Å². The van der Waals surface area contributed by atoms with E-state index in [1.165, 1.54) is 49.7 Å². The third-order valence-electron chi connectivity index (χ3n) is 13.3. The summed E-state index contributed by atoms with van der Waals surface area (Å²) in [5.74, 6) is 0. The molecule has 8 aromatic carbocycles. The first-order chi connectivity index (χ1) is 30.5. The van der Waals surface area contributed by atoms with Crippen LogP contribution in [0.25, 0.3) is 121 Å². The summed E-state index contributed by atoms with van der Waals surface area (Å²) in [7, 11) is 0. The molecule has 0 saturated heterocycles. The van der Waals surface area contributed by atoms with E-state index in [0.717, 1.165) is 82.7 Å². The van der Waals surface area contributed by atoms with Crippen LogP contribution in [0.15, 0.2) is 193 Å². The molecule has 0 aliphatic heterocycles. The largest absolute Gasteiger partial charge is 0.455 e. The molecule has 0 fully saturated rings. The average Bonchev–Trinajstić information content (AvgIpc) is 3.83. The Morgan fingerprint density at radius 3 is 1.77 bits per heavy atom. The highest BCUT2D eigenvalue weighted by atomic mass is 16.3. The van der Waals surface area contributed by atoms with Crippen molar-refractivity contribution in [3.63, 3.8) is 0 Å². The number of hydrogen-bond donors (Lipinski definition) is 0. The molecule has 0 radical (unpaired) electrons. The first kappa shape index (κ1) is 34.9. The zero-order valence-electron chi connectivity index (χ0n) is 34.1. The van der Waals surface area contributed by atoms with E-state index in [1.54, 1.807) is 0 Å². The minimum atomic E-state index is -0.272. The fourth-order valence-electron chi connectivity index (χ4n) is 10.0. The average molecular weight is 792 g/mol. The molecule has 1 aliphatic rings. The fourth-order valence-corrected chi connectivity index (χ4v) is 10.0. The lowest BCUT2D eigenvalue weighted by Gasteiger charge is -2.23. The van der Waals surface area contributed by atoms with Gasteiger partial charge in [0.1, 0.15) is 11.2 Å². The van der Waals surface area contributed by atoms with E-state index in [9.17, 15) is 0 Å². The van der Waals surface area contributed by atoms with Gasteiger partial charge in [-0.2, -0.15) is 0 Å². The topological polar surface area (TPSA) is 51.8 Å². The van der Waals surface area contributed by atoms with Gasteiger partial charge in [-0.25, -0.2) is 9.97 Å². The summed E-state index contributed by atoms with van der Waals surface area (Å²) in [5, 5.41) is 7.97. The van der Waals surface area contributed by atoms with E-state index in [1.807, 2.05) is 12.3 Å². The molecule has 4 heterocycles. The predicted molar refractivity (Wildman–Crippen MR) is 256 cm³/mol. The predicted octanol–water partition coefficient (Wildman–Crippen LogP) is 15.4. The maximum Gasteiger partial charge on any atom is 0.144 e. The first-order valence-corrected chi connectivity index (χ1v) is 21.2. The zero-order valence-corrected chi connectivity index (χ0v) is 34.1. The van der Waals surface area contributed by atoms with Crippen LogP contribution in [0.1, 0.15) is 25.0 Å². The number of para-hydroxylation sites is 1. The summed E-state index contributed by atoms with van der Waals surface area (Å²) < 4.78 is 6.88. The van der Waals surface area contributed by atoms with Gasteiger partial charge in [0.05, 0.1) is 27.9 Å². The SMILES string of the molecule is CC1(C)c2cc(-c3ccc(-c4ccc5ccc6ccccc6c5n4)cc3)ccc2-c2c1cc(-c1ccc(-c3ccc4ccc5cccnc5c4n3)cc1)c1c2oc2ccccc21. The number of hydrogen-bond acceptors (Lipinski definition) is 4. The van der Waals surface area contributed by atoms with Crippen LogP contribution in [0, 0.1) is 0 Å². The minimum Gasteiger partial charge on any atom is -0.455 e. The summed E-state index contributed by atoms with van der Waals surface area (Å²) in [4.78, 5) is 15.0. The van der Waals surface area contributed by atoms with Crippen LogP contribution in [0.5, 0.6) is 0 Å². The third-order valence-corrected chi connectivity index (χ3v) is 13.3. The molecule has 13 rings (SSSR count). The van der Waals surface area contributed by atoms with Gasteiger partial charge < -0.3 is 4.42 Å². The van der Waals surface area contributed by atoms with Gasteiger partial charge in [0.2, 0.25) is 0 Å². The maximum absolute atomic E-state index is 6.88. The molecule has 12 aromatic rings. The Labute approximate surface area is 357 Å². The standard InChI is InChI=1S/C58H37N3O/c1-58(2)47-32-42(34-13-18-37(19-14-34)49-29-26-40-22-17-35-8-3-4-10-43(35)54(40)60-49)25-28-44(47)53-48(58)33-46(52-45-11-5-6-12-51(45)62-57(52)53)36-15-20-38(21-16-36)50-30-27-41-24-23-39-9-7-31-59-55(39)56(41)61-50/h3-33H,1-2H3. The summed E-state index contributed by atoms with van der Waals surface area (Å²) in [6.45, 7) is 4.70. The Balaban J connectivity index is 0.888. The number of pyridine rings is 3. The molecule has 62 heavy (non-hydrogen) atoms. The van der Waals surface area contributed by atoms with Crippen molar-refractivity contribution in [1.29, 1.82) is 0 Å². The molecule has 0 N–H and O–H groups in total. The van der Waals surface area contributed by atoms with Crippen molar-refractivity contribution >= 4 is 65.4 Å². The van der Waals surface area contributed by atoms with Crippen LogP contribution in [0.3, 0.4) is 0 Å². The summed E-state index contributed by atoms with van der Waals surface area (Å²) in [5.41, 5.74) is 18.2. The molecule has 0 bridgehead atoms. The molecule has 0 spiro atoms. The van der Waals surface area contributed by atoms with Gasteiger partial charge in [0.15, 0.2) is 0 Å². The van der Waals surface area contributed by atoms with Crippen molar-refractivity contribution < 1.29 is 4.42 Å². The van der Waals surface area contributed by atoms with Crippen LogP contribution in [-0.2, 0) is 5.41 Å². The van der Waals surface area contributed by atoms with E-state index < -0.39 is 0 Å². The Bertz CT molecular complexity index is 3820. The number of aromatic nitrogens is 3. The Hall–Kier alpha value is -7.95. The third kappa shape index (κ3) is 5.17. The van der Waals surface area contributed by atoms with E-state index in [4.69, 9.17) is 14.4 Å². The van der Waals surface area contributed by atoms with Crippen LogP contribution in [0.2, 0.25) is 0 Å². The highest BCUT2D eigenvalue weighted by molar-refractivity contribution is 6.18. The van der Waals surface area contributed by atoms with Gasteiger partial charge in [0.25, 0.3) is 0 Å².